The van der Waals surface area contributed by atoms with Gasteiger partial charge in [0, 0.05) is 46.4 Å². The van der Waals surface area contributed by atoms with E-state index in [1.54, 1.807) is 19.3 Å². The maximum absolute atomic E-state index is 11.8. The molecule has 0 amide bonds. The Hall–Kier alpha value is -2.84. The summed E-state index contributed by atoms with van der Waals surface area (Å²) in [6, 6.07) is 6.59. The number of nitrogen functional groups attached to an aromatic ring is 1. The molecule has 0 radical (unpaired) electrons. The molecule has 0 unspecified atom stereocenters. The first kappa shape index (κ1) is 19.5. The highest BCUT2D eigenvalue weighted by Gasteiger charge is 2.27. The average molecular weight is 407 g/mol. The number of nitrogens with zero attached hydrogens (tertiary/aromatic N) is 3. The average Bonchev–Trinajstić information content (AvgIpc) is 3.07. The molecule has 1 fully saturated rings. The smallest absolute Gasteiger partial charge is 0.132 e. The molecule has 1 saturated carbocycles. The van der Waals surface area contributed by atoms with Crippen molar-refractivity contribution in [3.63, 3.8) is 0 Å². The SMILES string of the molecule is Cc1cc2c(cc1C#N)c(-c1cncc(N)c1Cl)cn2[C@H]1CC[C@@H](C(C)=O)CC1. The van der Waals surface area contributed by atoms with Crippen LogP contribution in [0.1, 0.15) is 49.8 Å². The first-order valence-corrected chi connectivity index (χ1v) is 10.2. The van der Waals surface area contributed by atoms with Gasteiger partial charge in [0.25, 0.3) is 0 Å². The van der Waals surface area contributed by atoms with Gasteiger partial charge in [0.2, 0.25) is 0 Å². The number of nitriles is 1. The van der Waals surface area contributed by atoms with Crippen molar-refractivity contribution in [2.24, 2.45) is 5.92 Å². The molecule has 29 heavy (non-hydrogen) atoms. The molecule has 1 aliphatic rings. The summed E-state index contributed by atoms with van der Waals surface area (Å²) in [5.74, 6) is 0.459. The van der Waals surface area contributed by atoms with Crippen LogP contribution in [0, 0.1) is 24.2 Å². The summed E-state index contributed by atoms with van der Waals surface area (Å²) >= 11 is 6.51. The Balaban J connectivity index is 1.88. The highest BCUT2D eigenvalue weighted by Crippen LogP contribution is 2.41. The summed E-state index contributed by atoms with van der Waals surface area (Å²) in [6.45, 7) is 3.65. The van der Waals surface area contributed by atoms with Crippen molar-refractivity contribution in [3.8, 4) is 17.2 Å². The van der Waals surface area contributed by atoms with E-state index < -0.39 is 0 Å². The molecule has 2 N–H and O–H groups in total. The number of fused-ring (bicyclic) bond motifs is 1. The van der Waals surface area contributed by atoms with Gasteiger partial charge in [-0.3, -0.25) is 9.78 Å². The Morgan fingerprint density at radius 1 is 1.24 bits per heavy atom. The number of aryl methyl sites for hydroxylation is 1. The number of carbonyl (C=O) groups excluding carboxylic acids is 1. The summed E-state index contributed by atoms with van der Waals surface area (Å²) in [6.07, 6.45) is 9.09. The Labute approximate surface area is 175 Å². The summed E-state index contributed by atoms with van der Waals surface area (Å²) in [4.78, 5) is 16.0. The summed E-state index contributed by atoms with van der Waals surface area (Å²) < 4.78 is 2.29. The molecule has 6 heteroatoms. The Bertz CT molecular complexity index is 1150. The molecule has 0 spiro atoms. The van der Waals surface area contributed by atoms with E-state index in [-0.39, 0.29) is 11.7 Å². The van der Waals surface area contributed by atoms with Crippen molar-refractivity contribution in [2.75, 3.05) is 5.73 Å². The fourth-order valence-corrected chi connectivity index (χ4v) is 4.65. The number of rotatable bonds is 3. The van der Waals surface area contributed by atoms with Gasteiger partial charge in [-0.05, 0) is 57.2 Å². The van der Waals surface area contributed by atoms with Gasteiger partial charge in [0.05, 0.1) is 28.5 Å². The lowest BCUT2D eigenvalue weighted by Crippen LogP contribution is -2.21. The van der Waals surface area contributed by atoms with Gasteiger partial charge in [-0.15, -0.1) is 0 Å². The minimum absolute atomic E-state index is 0.173. The van der Waals surface area contributed by atoms with E-state index in [1.165, 1.54) is 0 Å². The molecule has 2 heterocycles. The molecule has 1 aromatic carbocycles. The lowest BCUT2D eigenvalue weighted by molar-refractivity contribution is -0.121. The second-order valence-corrected chi connectivity index (χ2v) is 8.33. The third-order valence-electron chi connectivity index (χ3n) is 6.16. The number of pyridine rings is 1. The first-order valence-electron chi connectivity index (χ1n) is 9.85. The second-order valence-electron chi connectivity index (χ2n) is 7.95. The topological polar surface area (TPSA) is 84.7 Å². The normalized spacial score (nSPS) is 19.2. The van der Waals surface area contributed by atoms with E-state index in [0.717, 1.165) is 53.3 Å². The van der Waals surface area contributed by atoms with Crippen molar-refractivity contribution < 1.29 is 4.79 Å². The van der Waals surface area contributed by atoms with Crippen molar-refractivity contribution in [2.45, 2.75) is 45.6 Å². The molecule has 1 aliphatic carbocycles. The van der Waals surface area contributed by atoms with Gasteiger partial charge in [0.15, 0.2) is 0 Å². The number of ketones is 1. The monoisotopic (exact) mass is 406 g/mol. The van der Waals surface area contributed by atoms with E-state index in [4.69, 9.17) is 17.3 Å². The van der Waals surface area contributed by atoms with Crippen LogP contribution in [0.4, 0.5) is 5.69 Å². The molecule has 3 aromatic rings. The van der Waals surface area contributed by atoms with Crippen molar-refractivity contribution in [1.29, 1.82) is 5.26 Å². The van der Waals surface area contributed by atoms with E-state index in [2.05, 4.69) is 27.9 Å². The van der Waals surface area contributed by atoms with Crippen molar-refractivity contribution >= 4 is 34.0 Å². The van der Waals surface area contributed by atoms with Crippen LogP contribution in [0.2, 0.25) is 5.02 Å². The predicted molar refractivity (Wildman–Crippen MR) is 116 cm³/mol. The highest BCUT2D eigenvalue weighted by molar-refractivity contribution is 6.36. The Morgan fingerprint density at radius 2 is 1.97 bits per heavy atom. The van der Waals surface area contributed by atoms with E-state index in [0.29, 0.717) is 22.3 Å². The van der Waals surface area contributed by atoms with Gasteiger partial charge < -0.3 is 10.3 Å². The van der Waals surface area contributed by atoms with E-state index >= 15 is 0 Å². The molecule has 0 atom stereocenters. The fraction of sp³-hybridized carbons (Fsp3) is 0.348. The summed E-state index contributed by atoms with van der Waals surface area (Å²) in [5.41, 5.74) is 10.8. The molecular weight excluding hydrogens is 384 g/mol. The number of hydrogen-bond acceptors (Lipinski definition) is 4. The molecular formula is C23H23ClN4O. The lowest BCUT2D eigenvalue weighted by Gasteiger charge is -2.29. The largest absolute Gasteiger partial charge is 0.396 e. The second kappa shape index (κ2) is 7.53. The van der Waals surface area contributed by atoms with Crippen LogP contribution >= 0.6 is 11.6 Å². The minimum Gasteiger partial charge on any atom is -0.396 e. The molecule has 0 bridgehead atoms. The standard InChI is InChI=1S/C23H23ClN4O/c1-13-7-22-18(8-16(13)9-25)20(19-10-27-11-21(26)23(19)24)12-28(22)17-5-3-15(4-6-17)14(2)29/h7-8,10-12,15,17H,3-6,26H2,1-2H3/t15-,17+. The third-order valence-corrected chi connectivity index (χ3v) is 6.58. The quantitative estimate of drug-likeness (QED) is 0.627. The number of halogens is 1. The van der Waals surface area contributed by atoms with Crippen molar-refractivity contribution in [3.05, 3.63) is 46.9 Å². The van der Waals surface area contributed by atoms with E-state index in [1.807, 2.05) is 13.0 Å². The van der Waals surface area contributed by atoms with Gasteiger partial charge >= 0.3 is 0 Å². The van der Waals surface area contributed by atoms with Gasteiger partial charge in [-0.25, -0.2) is 0 Å². The summed E-state index contributed by atoms with van der Waals surface area (Å²) in [7, 11) is 0. The fourth-order valence-electron chi connectivity index (χ4n) is 4.45. The number of carbonyl (C=O) groups is 1. The van der Waals surface area contributed by atoms with Crippen LogP contribution in [0.5, 0.6) is 0 Å². The highest BCUT2D eigenvalue weighted by atomic mass is 35.5. The summed E-state index contributed by atoms with van der Waals surface area (Å²) in [5, 5.41) is 11.0. The predicted octanol–water partition coefficient (Wildman–Crippen LogP) is 5.44. The molecule has 0 aliphatic heterocycles. The number of nitrogens with two attached hydrogens (primary N) is 1. The zero-order chi connectivity index (χ0) is 20.7. The third kappa shape index (κ3) is 3.38. The van der Waals surface area contributed by atoms with Gasteiger partial charge in [-0.2, -0.15) is 5.26 Å². The minimum atomic E-state index is 0.173. The van der Waals surface area contributed by atoms with Crippen LogP contribution in [-0.4, -0.2) is 15.3 Å². The van der Waals surface area contributed by atoms with Crippen LogP contribution in [0.15, 0.2) is 30.7 Å². The number of Topliss-reactive ketones (excluding diaryl/α,β-unsaturated/α-hetero) is 1. The number of benzene rings is 1. The van der Waals surface area contributed by atoms with Crippen molar-refractivity contribution in [1.82, 2.24) is 9.55 Å². The molecule has 5 nitrogen and oxygen atoms in total. The van der Waals surface area contributed by atoms with Crippen LogP contribution in [-0.2, 0) is 4.79 Å². The Morgan fingerprint density at radius 3 is 2.62 bits per heavy atom. The molecule has 0 saturated heterocycles. The van der Waals surface area contributed by atoms with E-state index in [9.17, 15) is 10.1 Å². The molecule has 2 aromatic heterocycles. The van der Waals surface area contributed by atoms with Crippen LogP contribution < -0.4 is 5.73 Å². The first-order chi connectivity index (χ1) is 13.9. The number of aromatic nitrogens is 2. The zero-order valence-electron chi connectivity index (χ0n) is 16.6. The van der Waals surface area contributed by atoms with Crippen LogP contribution in [0.25, 0.3) is 22.0 Å². The molecule has 148 valence electrons. The maximum Gasteiger partial charge on any atom is 0.132 e. The number of anilines is 1. The van der Waals surface area contributed by atoms with Gasteiger partial charge in [-0.1, -0.05) is 11.6 Å². The van der Waals surface area contributed by atoms with Crippen LogP contribution in [0.3, 0.4) is 0 Å². The van der Waals surface area contributed by atoms with Gasteiger partial charge in [0.1, 0.15) is 5.78 Å². The lowest BCUT2D eigenvalue weighted by atomic mass is 9.84. The Kier molecular flexibility index (Phi) is 5.06. The maximum atomic E-state index is 11.8. The number of hydrogen-bond donors (Lipinski definition) is 1. The molecule has 4 rings (SSSR count). The zero-order valence-corrected chi connectivity index (χ0v) is 17.3.